The zero-order valence-corrected chi connectivity index (χ0v) is 12.6. The minimum atomic E-state index is -0.838. The maximum atomic E-state index is 10.7. The number of morpholine rings is 1. The molecule has 0 saturated carbocycles. The first-order valence-corrected chi connectivity index (χ1v) is 7.34. The molecule has 21 heavy (non-hydrogen) atoms. The van der Waals surface area contributed by atoms with Crippen LogP contribution < -0.4 is 4.74 Å². The molecule has 0 aliphatic carbocycles. The lowest BCUT2D eigenvalue weighted by Crippen LogP contribution is -2.47. The Hall–Kier alpha value is -1.59. The van der Waals surface area contributed by atoms with Gasteiger partial charge in [-0.25, -0.2) is 0 Å². The molecule has 1 N–H and O–H groups in total. The lowest BCUT2D eigenvalue weighted by molar-refractivity contribution is -0.136. The predicted molar refractivity (Wildman–Crippen MR) is 79.7 cm³/mol. The minimum Gasteiger partial charge on any atom is -0.491 e. The molecule has 0 aromatic heterocycles. The Morgan fingerprint density at radius 1 is 1.52 bits per heavy atom. The number of benzene rings is 1. The van der Waals surface area contributed by atoms with Crippen LogP contribution in [0.4, 0.5) is 0 Å². The number of carboxylic acid groups (broad SMARTS) is 1. The topological polar surface area (TPSA) is 59.0 Å². The van der Waals surface area contributed by atoms with E-state index in [9.17, 15) is 4.79 Å². The van der Waals surface area contributed by atoms with Crippen molar-refractivity contribution in [3.8, 4) is 5.75 Å². The molecule has 0 bridgehead atoms. The van der Waals surface area contributed by atoms with Crippen LogP contribution >= 0.6 is 0 Å². The highest BCUT2D eigenvalue weighted by Crippen LogP contribution is 2.16. The van der Waals surface area contributed by atoms with Gasteiger partial charge in [-0.05, 0) is 31.5 Å². The highest BCUT2D eigenvalue weighted by atomic mass is 16.5. The van der Waals surface area contributed by atoms with Gasteiger partial charge in [0.15, 0.2) is 0 Å². The van der Waals surface area contributed by atoms with Crippen LogP contribution in [0.5, 0.6) is 5.75 Å². The Morgan fingerprint density at radius 2 is 2.33 bits per heavy atom. The lowest BCUT2D eigenvalue weighted by Gasteiger charge is -2.35. The van der Waals surface area contributed by atoms with Crippen LogP contribution in [0.15, 0.2) is 24.3 Å². The monoisotopic (exact) mass is 293 g/mol. The van der Waals surface area contributed by atoms with Gasteiger partial charge < -0.3 is 14.6 Å². The first-order chi connectivity index (χ1) is 10.0. The normalized spacial score (nSPS) is 19.7. The van der Waals surface area contributed by atoms with Crippen molar-refractivity contribution < 1.29 is 19.4 Å². The maximum absolute atomic E-state index is 10.7. The third-order valence-corrected chi connectivity index (χ3v) is 3.59. The molecule has 0 spiro atoms. The summed E-state index contributed by atoms with van der Waals surface area (Å²) in [6.07, 6.45) is 0.0717. The van der Waals surface area contributed by atoms with Gasteiger partial charge in [-0.1, -0.05) is 12.1 Å². The molecule has 1 saturated heterocycles. The summed E-state index contributed by atoms with van der Waals surface area (Å²) in [6.45, 7) is 7.40. The van der Waals surface area contributed by atoms with Crippen molar-refractivity contribution in [1.29, 1.82) is 0 Å². The van der Waals surface area contributed by atoms with E-state index in [2.05, 4.69) is 18.7 Å². The van der Waals surface area contributed by atoms with E-state index in [4.69, 9.17) is 14.6 Å². The maximum Gasteiger partial charge on any atom is 0.307 e. The van der Waals surface area contributed by atoms with E-state index in [1.807, 2.05) is 12.1 Å². The third-order valence-electron chi connectivity index (χ3n) is 3.59. The first-order valence-electron chi connectivity index (χ1n) is 7.34. The fourth-order valence-electron chi connectivity index (χ4n) is 2.42. The number of carboxylic acids is 1. The van der Waals surface area contributed by atoms with Gasteiger partial charge in [0.2, 0.25) is 0 Å². The summed E-state index contributed by atoms with van der Waals surface area (Å²) in [4.78, 5) is 13.1. The van der Waals surface area contributed by atoms with Crippen molar-refractivity contribution in [2.24, 2.45) is 0 Å². The number of rotatable bonds is 6. The molecule has 1 aromatic carbocycles. The van der Waals surface area contributed by atoms with Gasteiger partial charge >= 0.3 is 5.97 Å². The second kappa shape index (κ2) is 7.43. The Kier molecular flexibility index (Phi) is 5.59. The van der Waals surface area contributed by atoms with Crippen molar-refractivity contribution in [1.82, 2.24) is 4.90 Å². The second-order valence-corrected chi connectivity index (χ2v) is 5.61. The number of hydrogen-bond donors (Lipinski definition) is 1. The molecule has 0 radical (unpaired) electrons. The minimum absolute atomic E-state index is 0.0122. The zero-order chi connectivity index (χ0) is 15.2. The molecule has 1 atom stereocenters. The van der Waals surface area contributed by atoms with Gasteiger partial charge in [-0.3, -0.25) is 9.69 Å². The zero-order valence-electron chi connectivity index (χ0n) is 12.6. The van der Waals surface area contributed by atoms with E-state index in [1.165, 1.54) is 0 Å². The van der Waals surface area contributed by atoms with Crippen LogP contribution in [0.2, 0.25) is 0 Å². The van der Waals surface area contributed by atoms with E-state index in [0.29, 0.717) is 18.4 Å². The lowest BCUT2D eigenvalue weighted by atomic mass is 10.1. The number of hydrogen-bond acceptors (Lipinski definition) is 4. The van der Waals surface area contributed by atoms with Crippen molar-refractivity contribution >= 4 is 5.97 Å². The number of aliphatic carboxylic acids is 1. The number of ether oxygens (including phenoxy) is 2. The molecule has 1 aliphatic rings. The van der Waals surface area contributed by atoms with Gasteiger partial charge in [-0.2, -0.15) is 0 Å². The van der Waals surface area contributed by atoms with E-state index >= 15 is 0 Å². The van der Waals surface area contributed by atoms with Crippen LogP contribution in [0.25, 0.3) is 0 Å². The molecule has 2 rings (SSSR count). The molecule has 1 heterocycles. The van der Waals surface area contributed by atoms with E-state index < -0.39 is 5.97 Å². The van der Waals surface area contributed by atoms with E-state index in [0.717, 1.165) is 25.3 Å². The summed E-state index contributed by atoms with van der Waals surface area (Å²) >= 11 is 0. The summed E-state index contributed by atoms with van der Waals surface area (Å²) in [6, 6.07) is 7.73. The Bertz CT molecular complexity index is 475. The van der Waals surface area contributed by atoms with E-state index in [-0.39, 0.29) is 12.5 Å². The predicted octanol–water partition coefficient (Wildman–Crippen LogP) is 1.80. The number of carbonyl (C=O) groups is 1. The summed E-state index contributed by atoms with van der Waals surface area (Å²) in [5.41, 5.74) is 0.744. The quantitative estimate of drug-likeness (QED) is 0.866. The molecular weight excluding hydrogens is 270 g/mol. The second-order valence-electron chi connectivity index (χ2n) is 5.61. The Labute approximate surface area is 125 Å². The summed E-state index contributed by atoms with van der Waals surface area (Å²) < 4.78 is 11.5. The SMILES string of the molecule is CC(C)N1CCOC(COc2cccc(CC(=O)O)c2)C1. The highest BCUT2D eigenvalue weighted by Gasteiger charge is 2.22. The van der Waals surface area contributed by atoms with Crippen molar-refractivity contribution in [3.05, 3.63) is 29.8 Å². The molecular formula is C16H23NO4. The summed E-state index contributed by atoms with van der Waals surface area (Å²) in [5.74, 6) is -0.144. The Morgan fingerprint density at radius 3 is 3.05 bits per heavy atom. The molecule has 5 heteroatoms. The van der Waals surface area contributed by atoms with Crippen LogP contribution in [0.3, 0.4) is 0 Å². The first kappa shape index (κ1) is 15.8. The molecule has 1 fully saturated rings. The van der Waals surface area contributed by atoms with Crippen LogP contribution in [-0.2, 0) is 16.0 Å². The average molecular weight is 293 g/mol. The average Bonchev–Trinajstić information content (AvgIpc) is 2.45. The summed E-state index contributed by atoms with van der Waals surface area (Å²) in [5, 5.41) is 8.81. The molecule has 116 valence electrons. The third kappa shape index (κ3) is 5.02. The molecule has 1 aromatic rings. The van der Waals surface area contributed by atoms with Crippen LogP contribution in [0.1, 0.15) is 19.4 Å². The van der Waals surface area contributed by atoms with Gasteiger partial charge in [0, 0.05) is 19.1 Å². The smallest absolute Gasteiger partial charge is 0.307 e. The molecule has 1 unspecified atom stereocenters. The van der Waals surface area contributed by atoms with Crippen LogP contribution in [-0.4, -0.2) is 54.4 Å². The molecule has 0 amide bonds. The van der Waals surface area contributed by atoms with Gasteiger partial charge in [-0.15, -0.1) is 0 Å². The number of nitrogens with zero attached hydrogens (tertiary/aromatic N) is 1. The van der Waals surface area contributed by atoms with Gasteiger partial charge in [0.05, 0.1) is 13.0 Å². The molecule has 1 aliphatic heterocycles. The van der Waals surface area contributed by atoms with Crippen molar-refractivity contribution in [2.75, 3.05) is 26.3 Å². The van der Waals surface area contributed by atoms with E-state index in [1.54, 1.807) is 12.1 Å². The van der Waals surface area contributed by atoms with Crippen molar-refractivity contribution in [2.45, 2.75) is 32.4 Å². The van der Waals surface area contributed by atoms with Gasteiger partial charge in [0.1, 0.15) is 18.5 Å². The fourth-order valence-corrected chi connectivity index (χ4v) is 2.42. The van der Waals surface area contributed by atoms with Crippen LogP contribution in [0, 0.1) is 0 Å². The largest absolute Gasteiger partial charge is 0.491 e. The van der Waals surface area contributed by atoms with Gasteiger partial charge in [0.25, 0.3) is 0 Å². The summed E-state index contributed by atoms with van der Waals surface area (Å²) in [7, 11) is 0. The van der Waals surface area contributed by atoms with Crippen molar-refractivity contribution in [3.63, 3.8) is 0 Å². The standard InChI is InChI=1S/C16H23NO4/c1-12(2)17-6-7-20-15(10-17)11-21-14-5-3-4-13(8-14)9-16(18)19/h3-5,8,12,15H,6-7,9-11H2,1-2H3,(H,18,19). The molecule has 5 nitrogen and oxygen atoms in total. The highest BCUT2D eigenvalue weighted by molar-refractivity contribution is 5.70. The Balaban J connectivity index is 1.86. The fraction of sp³-hybridized carbons (Fsp3) is 0.562.